The maximum Gasteiger partial charge on any atom is 0.306 e. The molecule has 1 amide bonds. The number of carbonyl (C=O) groups excluding carboxylic acids is 2. The van der Waals surface area contributed by atoms with Gasteiger partial charge in [-0.2, -0.15) is 0 Å². The predicted molar refractivity (Wildman–Crippen MR) is 278 cm³/mol. The third-order valence-electron chi connectivity index (χ3n) is 13.6. The minimum atomic E-state index is -0.789. The van der Waals surface area contributed by atoms with Gasteiger partial charge >= 0.3 is 5.97 Å². The first-order valence-electron chi connectivity index (χ1n) is 28.9. The molecule has 0 aromatic heterocycles. The number of nitrogens with one attached hydrogen (secondary N) is 1. The molecular formula is C58H113NO5. The van der Waals surface area contributed by atoms with Gasteiger partial charge in [0.2, 0.25) is 5.91 Å². The first kappa shape index (κ1) is 62.6. The minimum Gasteiger partial charge on any atom is -0.462 e. The van der Waals surface area contributed by atoms with Crippen LogP contribution in [0, 0.1) is 0 Å². The fourth-order valence-electron chi connectivity index (χ4n) is 9.20. The smallest absolute Gasteiger partial charge is 0.306 e. The van der Waals surface area contributed by atoms with Gasteiger partial charge in [-0.1, -0.05) is 277 Å². The Morgan fingerprint density at radius 2 is 0.766 bits per heavy atom. The molecule has 6 heteroatoms. The minimum absolute atomic E-state index is 0.0643. The van der Waals surface area contributed by atoms with Crippen LogP contribution in [0.5, 0.6) is 0 Å². The van der Waals surface area contributed by atoms with Crippen LogP contribution in [-0.2, 0) is 14.3 Å². The van der Waals surface area contributed by atoms with Crippen LogP contribution < -0.4 is 5.32 Å². The summed E-state index contributed by atoms with van der Waals surface area (Å²) in [6, 6.07) is -0.704. The van der Waals surface area contributed by atoms with E-state index in [2.05, 4.69) is 38.2 Å². The second-order valence-electron chi connectivity index (χ2n) is 20.1. The van der Waals surface area contributed by atoms with Gasteiger partial charge in [0.05, 0.1) is 25.2 Å². The molecule has 0 heterocycles. The maximum atomic E-state index is 13.2. The molecule has 0 aromatic carbocycles. The summed E-state index contributed by atoms with van der Waals surface area (Å²) in [5.41, 5.74) is 0. The molecule has 0 aliphatic heterocycles. The summed E-state index contributed by atoms with van der Waals surface area (Å²) in [4.78, 5) is 26.2. The van der Waals surface area contributed by atoms with Crippen LogP contribution >= 0.6 is 0 Å². The zero-order chi connectivity index (χ0) is 46.7. The van der Waals surface area contributed by atoms with Crippen molar-refractivity contribution >= 4 is 11.9 Å². The molecule has 0 bridgehead atoms. The summed E-state index contributed by atoms with van der Waals surface area (Å²) in [5.74, 6) is -0.481. The fraction of sp³-hybridized carbons (Fsp3) is 0.931. The highest BCUT2D eigenvalue weighted by molar-refractivity contribution is 5.77. The summed E-state index contributed by atoms with van der Waals surface area (Å²) in [5, 5.41) is 23.8. The predicted octanol–water partition coefficient (Wildman–Crippen LogP) is 17.7. The van der Waals surface area contributed by atoms with Crippen molar-refractivity contribution in [2.45, 2.75) is 341 Å². The van der Waals surface area contributed by atoms with Gasteiger partial charge in [-0.3, -0.25) is 9.59 Å². The summed E-state index contributed by atoms with van der Waals surface area (Å²) >= 11 is 0. The largest absolute Gasteiger partial charge is 0.462 e. The number of rotatable bonds is 53. The van der Waals surface area contributed by atoms with E-state index in [4.69, 9.17) is 4.74 Å². The Hall–Kier alpha value is -1.40. The summed E-state index contributed by atoms with van der Waals surface area (Å²) in [7, 11) is 0. The second-order valence-corrected chi connectivity index (χ2v) is 20.1. The topological polar surface area (TPSA) is 95.9 Å². The van der Waals surface area contributed by atoms with Crippen molar-refractivity contribution < 1.29 is 24.5 Å². The van der Waals surface area contributed by atoms with E-state index in [0.717, 1.165) is 51.4 Å². The van der Waals surface area contributed by atoms with Gasteiger partial charge in [0.25, 0.3) is 0 Å². The van der Waals surface area contributed by atoms with Crippen molar-refractivity contribution in [2.24, 2.45) is 0 Å². The molecule has 3 N–H and O–H groups in total. The number of aliphatic hydroxyl groups is 2. The van der Waals surface area contributed by atoms with Crippen LogP contribution in [0.25, 0.3) is 0 Å². The van der Waals surface area contributed by atoms with Gasteiger partial charge in [-0.05, 0) is 44.9 Å². The number of hydrogen-bond acceptors (Lipinski definition) is 5. The van der Waals surface area contributed by atoms with Gasteiger partial charge in [-0.15, -0.1) is 0 Å². The van der Waals surface area contributed by atoms with Crippen LogP contribution in [0.1, 0.15) is 323 Å². The zero-order valence-corrected chi connectivity index (χ0v) is 43.4. The third kappa shape index (κ3) is 47.1. The Morgan fingerprint density at radius 3 is 1.14 bits per heavy atom. The Kier molecular flexibility index (Phi) is 51.4. The molecule has 0 aromatic rings. The highest BCUT2D eigenvalue weighted by atomic mass is 16.5. The standard InChI is InChI=1S/C58H113NO5/c1-4-7-10-13-16-19-22-25-27-28-29-31-33-36-39-42-45-48-51-58(63)64-54(49-46-43-40-37-34-24-21-18-15-12-9-6-3)52-57(62)59-55(53-60)56(61)50-47-44-41-38-35-32-30-26-23-20-17-14-11-8-5-2/h37,40,54-56,60-61H,4-36,38-39,41-53H2,1-3H3,(H,59,62)/b40-37-. The van der Waals surface area contributed by atoms with Gasteiger partial charge < -0.3 is 20.3 Å². The van der Waals surface area contributed by atoms with Crippen molar-refractivity contribution in [1.82, 2.24) is 5.32 Å². The molecule has 0 spiro atoms. The lowest BCUT2D eigenvalue weighted by molar-refractivity contribution is -0.151. The number of aliphatic hydroxyl groups excluding tert-OH is 2. The van der Waals surface area contributed by atoms with Crippen LogP contribution in [0.3, 0.4) is 0 Å². The van der Waals surface area contributed by atoms with Crippen molar-refractivity contribution in [3.05, 3.63) is 12.2 Å². The van der Waals surface area contributed by atoms with Gasteiger partial charge in [-0.25, -0.2) is 0 Å². The Bertz CT molecular complexity index is 970. The molecule has 0 aliphatic carbocycles. The van der Waals surface area contributed by atoms with Gasteiger partial charge in [0.15, 0.2) is 0 Å². The van der Waals surface area contributed by atoms with E-state index in [1.807, 2.05) is 0 Å². The van der Waals surface area contributed by atoms with Gasteiger partial charge in [0, 0.05) is 6.42 Å². The van der Waals surface area contributed by atoms with E-state index >= 15 is 0 Å². The van der Waals surface area contributed by atoms with Crippen molar-refractivity contribution in [2.75, 3.05) is 6.61 Å². The SMILES string of the molecule is CCCCCCCCC/C=C\CCCC(CC(=O)NC(CO)C(O)CCCCCCCCCCCCCCCCC)OC(=O)CCCCCCCCCCCCCCCCCCCC. The molecular weight excluding hydrogens is 791 g/mol. The Balaban J connectivity index is 4.46. The third-order valence-corrected chi connectivity index (χ3v) is 13.6. The van der Waals surface area contributed by atoms with Crippen molar-refractivity contribution in [3.63, 3.8) is 0 Å². The molecule has 0 saturated carbocycles. The van der Waals surface area contributed by atoms with Gasteiger partial charge in [0.1, 0.15) is 6.10 Å². The molecule has 6 nitrogen and oxygen atoms in total. The summed E-state index contributed by atoms with van der Waals surface area (Å²) in [6.07, 6.45) is 60.0. The van der Waals surface area contributed by atoms with E-state index < -0.39 is 18.2 Å². The Labute approximate surface area is 399 Å². The number of ether oxygens (including phenoxy) is 1. The first-order chi connectivity index (χ1) is 31.5. The lowest BCUT2D eigenvalue weighted by Crippen LogP contribution is -2.46. The molecule has 380 valence electrons. The number of esters is 1. The van der Waals surface area contributed by atoms with Crippen LogP contribution in [-0.4, -0.2) is 46.9 Å². The normalized spacial score (nSPS) is 13.1. The van der Waals surface area contributed by atoms with Crippen LogP contribution in [0.4, 0.5) is 0 Å². The average molecular weight is 905 g/mol. The molecule has 3 unspecified atom stereocenters. The Morgan fingerprint density at radius 1 is 0.438 bits per heavy atom. The lowest BCUT2D eigenvalue weighted by atomic mass is 10.0. The molecule has 0 fully saturated rings. The highest BCUT2D eigenvalue weighted by Gasteiger charge is 2.24. The van der Waals surface area contributed by atoms with E-state index in [0.29, 0.717) is 19.3 Å². The van der Waals surface area contributed by atoms with Crippen LogP contribution in [0.15, 0.2) is 12.2 Å². The van der Waals surface area contributed by atoms with Crippen LogP contribution in [0.2, 0.25) is 0 Å². The van der Waals surface area contributed by atoms with Crippen molar-refractivity contribution in [1.29, 1.82) is 0 Å². The van der Waals surface area contributed by atoms with E-state index in [9.17, 15) is 19.8 Å². The number of unbranched alkanes of at least 4 members (excludes halogenated alkanes) is 39. The lowest BCUT2D eigenvalue weighted by Gasteiger charge is -2.24. The first-order valence-corrected chi connectivity index (χ1v) is 28.9. The highest BCUT2D eigenvalue weighted by Crippen LogP contribution is 2.19. The van der Waals surface area contributed by atoms with Crippen molar-refractivity contribution in [3.8, 4) is 0 Å². The molecule has 0 radical (unpaired) electrons. The number of carbonyl (C=O) groups is 2. The second kappa shape index (κ2) is 52.6. The molecule has 3 atom stereocenters. The number of allylic oxidation sites excluding steroid dienone is 2. The monoisotopic (exact) mass is 904 g/mol. The van der Waals surface area contributed by atoms with E-state index in [-0.39, 0.29) is 24.9 Å². The average Bonchev–Trinajstić information content (AvgIpc) is 3.29. The number of hydrogen-bond donors (Lipinski definition) is 3. The van der Waals surface area contributed by atoms with E-state index in [1.165, 1.54) is 225 Å². The molecule has 0 rings (SSSR count). The zero-order valence-electron chi connectivity index (χ0n) is 43.4. The fourth-order valence-corrected chi connectivity index (χ4v) is 9.20. The molecule has 0 saturated heterocycles. The number of amides is 1. The summed E-state index contributed by atoms with van der Waals surface area (Å²) in [6.45, 7) is 6.51. The molecule has 0 aliphatic rings. The maximum absolute atomic E-state index is 13.2. The summed E-state index contributed by atoms with van der Waals surface area (Å²) < 4.78 is 5.94. The molecule has 64 heavy (non-hydrogen) atoms. The van der Waals surface area contributed by atoms with E-state index in [1.54, 1.807) is 0 Å². The quantitative estimate of drug-likeness (QED) is 0.0321.